The maximum absolute atomic E-state index is 12.6. The molecule has 1 aromatic carbocycles. The van der Waals surface area contributed by atoms with Crippen molar-refractivity contribution in [1.82, 2.24) is 24.5 Å². The highest BCUT2D eigenvalue weighted by molar-refractivity contribution is 5.92. The van der Waals surface area contributed by atoms with Gasteiger partial charge in [0.1, 0.15) is 17.0 Å². The van der Waals surface area contributed by atoms with Gasteiger partial charge in [0.05, 0.1) is 28.6 Å². The Labute approximate surface area is 149 Å². The van der Waals surface area contributed by atoms with Crippen LogP contribution in [0.25, 0.3) is 33.2 Å². The molecule has 0 radical (unpaired) electrons. The number of H-pyrrole nitrogens is 1. The average molecular weight is 346 g/mol. The number of nitrogens with zero attached hydrogens (tertiary/aromatic N) is 4. The molecule has 3 aromatic heterocycles. The lowest BCUT2D eigenvalue weighted by Crippen LogP contribution is -2.19. The Balaban J connectivity index is 1.73. The first kappa shape index (κ1) is 15.1. The van der Waals surface area contributed by atoms with E-state index in [4.69, 9.17) is 4.98 Å². The van der Waals surface area contributed by atoms with Crippen molar-refractivity contribution in [2.75, 3.05) is 5.32 Å². The van der Waals surface area contributed by atoms with E-state index in [1.165, 1.54) is 4.57 Å². The van der Waals surface area contributed by atoms with Crippen LogP contribution in [0.2, 0.25) is 0 Å². The summed E-state index contributed by atoms with van der Waals surface area (Å²) in [7, 11) is 1.71. The van der Waals surface area contributed by atoms with Gasteiger partial charge in [-0.15, -0.1) is 0 Å². The van der Waals surface area contributed by atoms with Crippen LogP contribution in [0.3, 0.4) is 0 Å². The zero-order chi connectivity index (χ0) is 17.8. The Morgan fingerprint density at radius 1 is 1.19 bits per heavy atom. The number of nitrogens with one attached hydrogen (secondary N) is 2. The molecule has 0 bridgehead atoms. The highest BCUT2D eigenvalue weighted by Gasteiger charge is 2.24. The fourth-order valence-electron chi connectivity index (χ4n) is 3.19. The fraction of sp³-hybridized carbons (Fsp3) is 0.263. The molecule has 0 saturated heterocycles. The molecule has 1 saturated carbocycles. The maximum atomic E-state index is 12.6. The van der Waals surface area contributed by atoms with E-state index >= 15 is 0 Å². The molecule has 0 unspecified atom stereocenters. The molecule has 1 aliphatic rings. The Morgan fingerprint density at radius 2 is 2.04 bits per heavy atom. The Bertz CT molecular complexity index is 1220. The van der Waals surface area contributed by atoms with Crippen molar-refractivity contribution in [3.8, 4) is 11.3 Å². The zero-order valence-corrected chi connectivity index (χ0v) is 14.6. The topological polar surface area (TPSA) is 88.5 Å². The van der Waals surface area contributed by atoms with Gasteiger partial charge in [-0.05, 0) is 38.0 Å². The molecule has 1 aliphatic carbocycles. The minimum Gasteiger partial charge on any atom is -0.367 e. The molecule has 7 heteroatoms. The minimum atomic E-state index is -0.0863. The van der Waals surface area contributed by atoms with Crippen LogP contribution < -0.4 is 10.9 Å². The normalized spacial score (nSPS) is 14.2. The van der Waals surface area contributed by atoms with Gasteiger partial charge in [0.25, 0.3) is 5.56 Å². The summed E-state index contributed by atoms with van der Waals surface area (Å²) in [4.78, 5) is 29.5. The summed E-state index contributed by atoms with van der Waals surface area (Å²) in [6, 6.07) is 8.28. The summed E-state index contributed by atoms with van der Waals surface area (Å²) in [6.07, 6.45) is 3.76. The van der Waals surface area contributed by atoms with Crippen LogP contribution in [0.5, 0.6) is 0 Å². The van der Waals surface area contributed by atoms with Crippen molar-refractivity contribution < 1.29 is 0 Å². The van der Waals surface area contributed by atoms with E-state index in [0.29, 0.717) is 22.8 Å². The van der Waals surface area contributed by atoms with Crippen LogP contribution in [0.1, 0.15) is 18.7 Å². The third kappa shape index (κ3) is 2.44. The van der Waals surface area contributed by atoms with E-state index < -0.39 is 0 Å². The van der Waals surface area contributed by atoms with Gasteiger partial charge in [0.15, 0.2) is 0 Å². The smallest absolute Gasteiger partial charge is 0.264 e. The molecule has 0 amide bonds. The fourth-order valence-corrected chi connectivity index (χ4v) is 3.19. The van der Waals surface area contributed by atoms with Gasteiger partial charge >= 0.3 is 0 Å². The standard InChI is InChI=1S/C19H18N6O/c1-10-21-13-6-3-11(7-15(13)22-10)14-8-16-17(19(26)25(2)9-20-16)18(24-14)23-12-4-5-12/h3,6-9,12H,4-5H2,1-2H3,(H,21,22)(H,23,24). The van der Waals surface area contributed by atoms with Crippen molar-refractivity contribution in [3.05, 3.63) is 46.8 Å². The molecule has 7 nitrogen and oxygen atoms in total. The summed E-state index contributed by atoms with van der Waals surface area (Å²) >= 11 is 0. The molecule has 0 aliphatic heterocycles. The first-order valence-electron chi connectivity index (χ1n) is 8.68. The van der Waals surface area contributed by atoms with Crippen molar-refractivity contribution >= 4 is 27.8 Å². The van der Waals surface area contributed by atoms with Gasteiger partial charge in [0, 0.05) is 18.7 Å². The summed E-state index contributed by atoms with van der Waals surface area (Å²) in [5, 5.41) is 3.94. The Kier molecular flexibility index (Phi) is 3.12. The lowest BCUT2D eigenvalue weighted by molar-refractivity contribution is 0.842. The highest BCUT2D eigenvalue weighted by atomic mass is 16.1. The number of aromatic nitrogens is 5. The lowest BCUT2D eigenvalue weighted by atomic mass is 10.1. The van der Waals surface area contributed by atoms with E-state index in [0.717, 1.165) is 41.0 Å². The number of aryl methyl sites for hydroxylation is 2. The van der Waals surface area contributed by atoms with E-state index in [1.54, 1.807) is 13.4 Å². The molecule has 1 fully saturated rings. The van der Waals surface area contributed by atoms with Crippen LogP contribution in [0, 0.1) is 6.92 Å². The van der Waals surface area contributed by atoms with Gasteiger partial charge in [-0.2, -0.15) is 0 Å². The third-order valence-corrected chi connectivity index (χ3v) is 4.72. The molecular formula is C19H18N6O. The third-order valence-electron chi connectivity index (χ3n) is 4.72. The van der Waals surface area contributed by atoms with Crippen molar-refractivity contribution in [2.24, 2.45) is 7.05 Å². The second-order valence-corrected chi connectivity index (χ2v) is 6.88. The number of fused-ring (bicyclic) bond motifs is 2. The molecule has 26 heavy (non-hydrogen) atoms. The Morgan fingerprint density at radius 3 is 2.85 bits per heavy atom. The quantitative estimate of drug-likeness (QED) is 0.595. The molecule has 0 spiro atoms. The van der Waals surface area contributed by atoms with Crippen LogP contribution in [-0.2, 0) is 7.05 Å². The first-order valence-corrected chi connectivity index (χ1v) is 8.68. The van der Waals surface area contributed by atoms with E-state index in [2.05, 4.69) is 20.3 Å². The van der Waals surface area contributed by atoms with E-state index in [-0.39, 0.29) is 5.56 Å². The largest absolute Gasteiger partial charge is 0.367 e. The van der Waals surface area contributed by atoms with Gasteiger partial charge < -0.3 is 14.9 Å². The summed E-state index contributed by atoms with van der Waals surface area (Å²) in [5.74, 6) is 1.50. The van der Waals surface area contributed by atoms with Gasteiger partial charge in [-0.3, -0.25) is 4.79 Å². The maximum Gasteiger partial charge on any atom is 0.264 e. The van der Waals surface area contributed by atoms with Gasteiger partial charge in [-0.25, -0.2) is 15.0 Å². The van der Waals surface area contributed by atoms with Crippen molar-refractivity contribution in [1.29, 1.82) is 0 Å². The minimum absolute atomic E-state index is 0.0863. The van der Waals surface area contributed by atoms with Gasteiger partial charge in [-0.1, -0.05) is 6.07 Å². The number of benzene rings is 1. The second-order valence-electron chi connectivity index (χ2n) is 6.88. The number of hydrogen-bond donors (Lipinski definition) is 2. The number of hydrogen-bond acceptors (Lipinski definition) is 5. The predicted octanol–water partition coefficient (Wildman–Crippen LogP) is 2.75. The summed E-state index contributed by atoms with van der Waals surface area (Å²) in [5.41, 5.74) is 4.21. The van der Waals surface area contributed by atoms with Crippen molar-refractivity contribution in [3.63, 3.8) is 0 Å². The first-order chi connectivity index (χ1) is 12.6. The zero-order valence-electron chi connectivity index (χ0n) is 14.6. The van der Waals surface area contributed by atoms with Crippen LogP contribution in [-0.4, -0.2) is 30.5 Å². The van der Waals surface area contributed by atoms with E-state index in [9.17, 15) is 4.79 Å². The summed E-state index contributed by atoms with van der Waals surface area (Å²) in [6.45, 7) is 1.94. The highest BCUT2D eigenvalue weighted by Crippen LogP contribution is 2.30. The number of pyridine rings is 1. The van der Waals surface area contributed by atoms with Gasteiger partial charge in [0.2, 0.25) is 0 Å². The van der Waals surface area contributed by atoms with Crippen molar-refractivity contribution in [2.45, 2.75) is 25.8 Å². The molecule has 5 rings (SSSR count). The van der Waals surface area contributed by atoms with Crippen LogP contribution in [0.15, 0.2) is 35.4 Å². The molecule has 130 valence electrons. The Hall–Kier alpha value is -3.22. The number of anilines is 1. The number of rotatable bonds is 3. The SMILES string of the molecule is Cc1nc2ccc(-c3cc4ncn(C)c(=O)c4c(NC4CC4)n3)cc2[nH]1. The molecule has 2 N–H and O–H groups in total. The molecule has 0 atom stereocenters. The number of imidazole rings is 1. The molecule has 3 heterocycles. The van der Waals surface area contributed by atoms with Crippen LogP contribution in [0.4, 0.5) is 5.82 Å². The lowest BCUT2D eigenvalue weighted by Gasteiger charge is -2.11. The number of aromatic amines is 1. The molecule has 4 aromatic rings. The second kappa shape index (κ2) is 5.39. The van der Waals surface area contributed by atoms with E-state index in [1.807, 2.05) is 31.2 Å². The summed E-state index contributed by atoms with van der Waals surface area (Å²) < 4.78 is 1.49. The molecular weight excluding hydrogens is 328 g/mol. The monoisotopic (exact) mass is 346 g/mol. The van der Waals surface area contributed by atoms with Crippen LogP contribution >= 0.6 is 0 Å². The predicted molar refractivity (Wildman–Crippen MR) is 101 cm³/mol. The average Bonchev–Trinajstić information content (AvgIpc) is 3.35.